The van der Waals surface area contributed by atoms with Crippen LogP contribution in [0.1, 0.15) is 12.5 Å². The maximum atomic E-state index is 12.8. The molecule has 0 fully saturated rings. The molecule has 0 amide bonds. The molecule has 0 heterocycles. The van der Waals surface area contributed by atoms with Crippen LogP contribution in [0.25, 0.3) is 0 Å². The van der Waals surface area contributed by atoms with Gasteiger partial charge in [-0.1, -0.05) is 12.1 Å². The monoisotopic (exact) mass is 369 g/mol. The molecule has 0 aliphatic heterocycles. The summed E-state index contributed by atoms with van der Waals surface area (Å²) < 4.78 is 27.4. The summed E-state index contributed by atoms with van der Waals surface area (Å²) in [6.45, 7) is 3.92. The van der Waals surface area contributed by atoms with Gasteiger partial charge in [0, 0.05) is 17.1 Å². The Kier molecular flexibility index (Phi) is 4.58. The fraction of sp³-hybridized carbons (Fsp3) is 0.200. The minimum absolute atomic E-state index is 0.0316. The van der Waals surface area contributed by atoms with Crippen LogP contribution in [0.4, 0.5) is 5.69 Å². The summed E-state index contributed by atoms with van der Waals surface area (Å²) in [6, 6.07) is 11.3. The van der Waals surface area contributed by atoms with Crippen LogP contribution in [0.5, 0.6) is 5.75 Å². The molecule has 0 spiro atoms. The van der Waals surface area contributed by atoms with E-state index in [9.17, 15) is 13.5 Å². The van der Waals surface area contributed by atoms with Crippen molar-refractivity contribution < 1.29 is 13.5 Å². The van der Waals surface area contributed by atoms with E-state index in [1.54, 1.807) is 37.3 Å². The van der Waals surface area contributed by atoms with Crippen molar-refractivity contribution in [3.63, 3.8) is 0 Å². The van der Waals surface area contributed by atoms with Crippen molar-refractivity contribution in [3.8, 4) is 5.75 Å². The van der Waals surface area contributed by atoms with Gasteiger partial charge in [-0.05, 0) is 59.6 Å². The lowest BCUT2D eigenvalue weighted by molar-refractivity contribution is 0.475. The highest BCUT2D eigenvalue weighted by molar-refractivity contribution is 9.10. The Morgan fingerprint density at radius 3 is 2.48 bits per heavy atom. The van der Waals surface area contributed by atoms with Gasteiger partial charge >= 0.3 is 0 Å². The van der Waals surface area contributed by atoms with Crippen LogP contribution in [0, 0.1) is 6.92 Å². The zero-order valence-corrected chi connectivity index (χ0v) is 14.1. The molecule has 0 aliphatic rings. The van der Waals surface area contributed by atoms with Crippen molar-refractivity contribution in [3.05, 3.63) is 52.5 Å². The zero-order valence-electron chi connectivity index (χ0n) is 11.7. The van der Waals surface area contributed by atoms with Crippen molar-refractivity contribution in [1.29, 1.82) is 0 Å². The fourth-order valence-corrected chi connectivity index (χ4v) is 4.69. The van der Waals surface area contributed by atoms with Crippen molar-refractivity contribution in [1.82, 2.24) is 0 Å². The molecule has 2 aromatic rings. The fourth-order valence-electron chi connectivity index (χ4n) is 2.07. The second-order valence-corrected chi connectivity index (χ2v) is 7.31. The molecule has 0 aromatic heterocycles. The van der Waals surface area contributed by atoms with Gasteiger partial charge in [0.1, 0.15) is 10.6 Å². The van der Waals surface area contributed by atoms with Crippen molar-refractivity contribution in [2.24, 2.45) is 0 Å². The van der Waals surface area contributed by atoms with Crippen LogP contribution in [0.2, 0.25) is 0 Å². The number of hydrogen-bond donors (Lipinski definition) is 1. The Balaban J connectivity index is 2.54. The van der Waals surface area contributed by atoms with Gasteiger partial charge in [0.25, 0.3) is 10.0 Å². The normalized spacial score (nSPS) is 11.4. The van der Waals surface area contributed by atoms with Crippen LogP contribution in [0.15, 0.2) is 51.8 Å². The SMILES string of the molecule is CCN(c1cccc(O)c1)S(=O)(=O)c1ccc(C)cc1Br. The van der Waals surface area contributed by atoms with Crippen molar-refractivity contribution in [2.45, 2.75) is 18.7 Å². The number of phenols is 1. The molecule has 2 rings (SSSR count). The number of nitrogens with zero attached hydrogens (tertiary/aromatic N) is 1. The van der Waals surface area contributed by atoms with Gasteiger partial charge in [-0.15, -0.1) is 0 Å². The van der Waals surface area contributed by atoms with Gasteiger partial charge < -0.3 is 5.11 Å². The molecular weight excluding hydrogens is 354 g/mol. The predicted molar refractivity (Wildman–Crippen MR) is 87.2 cm³/mol. The molecular formula is C15H16BrNO3S. The van der Waals surface area contributed by atoms with Crippen LogP contribution in [-0.4, -0.2) is 20.1 Å². The standard InChI is InChI=1S/C15H16BrNO3S/c1-3-17(12-5-4-6-13(18)10-12)21(19,20)15-8-7-11(2)9-14(15)16/h4-10,18H,3H2,1-2H3. The van der Waals surface area contributed by atoms with Gasteiger partial charge in [-0.3, -0.25) is 4.31 Å². The van der Waals surface area contributed by atoms with Crippen LogP contribution in [-0.2, 0) is 10.0 Å². The number of halogens is 1. The topological polar surface area (TPSA) is 57.6 Å². The number of benzene rings is 2. The van der Waals surface area contributed by atoms with Crippen molar-refractivity contribution >= 4 is 31.6 Å². The number of aryl methyl sites for hydroxylation is 1. The third-order valence-corrected chi connectivity index (χ3v) is 5.94. The number of hydrogen-bond acceptors (Lipinski definition) is 3. The number of phenolic OH excluding ortho intramolecular Hbond substituents is 1. The summed E-state index contributed by atoms with van der Waals surface area (Å²) in [6.07, 6.45) is 0. The van der Waals surface area contributed by atoms with E-state index in [4.69, 9.17) is 0 Å². The maximum absolute atomic E-state index is 12.8. The number of anilines is 1. The summed E-state index contributed by atoms with van der Waals surface area (Å²) in [7, 11) is -3.69. The van der Waals surface area contributed by atoms with E-state index in [2.05, 4.69) is 15.9 Å². The predicted octanol–water partition coefficient (Wildman–Crippen LogP) is 3.68. The Morgan fingerprint density at radius 2 is 1.90 bits per heavy atom. The highest BCUT2D eigenvalue weighted by Crippen LogP contribution is 2.30. The average molecular weight is 370 g/mol. The molecule has 112 valence electrons. The Hall–Kier alpha value is -1.53. The van der Waals surface area contributed by atoms with Gasteiger partial charge in [-0.25, -0.2) is 8.42 Å². The first-order valence-electron chi connectivity index (χ1n) is 6.44. The molecule has 0 aliphatic carbocycles. The Labute approximate surface area is 133 Å². The van der Waals surface area contributed by atoms with Crippen LogP contribution in [0.3, 0.4) is 0 Å². The van der Waals surface area contributed by atoms with Crippen molar-refractivity contribution in [2.75, 3.05) is 10.8 Å². The second-order valence-electron chi connectivity index (χ2n) is 4.62. The lowest BCUT2D eigenvalue weighted by Crippen LogP contribution is -2.31. The molecule has 0 radical (unpaired) electrons. The second kappa shape index (κ2) is 6.07. The summed E-state index contributed by atoms with van der Waals surface area (Å²) in [4.78, 5) is 0.207. The summed E-state index contributed by atoms with van der Waals surface area (Å²) in [5.74, 6) is 0.0316. The lowest BCUT2D eigenvalue weighted by Gasteiger charge is -2.23. The van der Waals surface area contributed by atoms with E-state index in [1.807, 2.05) is 6.92 Å². The number of sulfonamides is 1. The van der Waals surface area contributed by atoms with Crippen LogP contribution >= 0.6 is 15.9 Å². The highest BCUT2D eigenvalue weighted by atomic mass is 79.9. The molecule has 21 heavy (non-hydrogen) atoms. The third-order valence-electron chi connectivity index (χ3n) is 3.06. The molecule has 0 atom stereocenters. The first-order valence-corrected chi connectivity index (χ1v) is 8.67. The molecule has 0 unspecified atom stereocenters. The van der Waals surface area contributed by atoms with E-state index >= 15 is 0 Å². The third kappa shape index (κ3) is 3.22. The van der Waals surface area contributed by atoms with Crippen LogP contribution < -0.4 is 4.31 Å². The highest BCUT2D eigenvalue weighted by Gasteiger charge is 2.25. The molecule has 1 N–H and O–H groups in total. The van der Waals surface area contributed by atoms with Gasteiger partial charge in [0.15, 0.2) is 0 Å². The van der Waals surface area contributed by atoms with Gasteiger partial charge in [0.05, 0.1) is 5.69 Å². The van der Waals surface area contributed by atoms with E-state index in [-0.39, 0.29) is 17.2 Å². The summed E-state index contributed by atoms with van der Waals surface area (Å²) in [5.41, 5.74) is 1.41. The van der Waals surface area contributed by atoms with E-state index in [0.717, 1.165) is 5.56 Å². The lowest BCUT2D eigenvalue weighted by atomic mass is 10.2. The summed E-state index contributed by atoms with van der Waals surface area (Å²) >= 11 is 3.31. The molecule has 0 saturated heterocycles. The number of aromatic hydroxyl groups is 1. The van der Waals surface area contributed by atoms with E-state index in [1.165, 1.54) is 16.4 Å². The first-order chi connectivity index (χ1) is 9.86. The average Bonchev–Trinajstić information content (AvgIpc) is 2.38. The van der Waals surface area contributed by atoms with Gasteiger partial charge in [0.2, 0.25) is 0 Å². The minimum Gasteiger partial charge on any atom is -0.508 e. The molecule has 4 nitrogen and oxygen atoms in total. The largest absolute Gasteiger partial charge is 0.508 e. The number of rotatable bonds is 4. The minimum atomic E-state index is -3.69. The molecule has 0 bridgehead atoms. The van der Waals surface area contributed by atoms with E-state index in [0.29, 0.717) is 10.2 Å². The smallest absolute Gasteiger partial charge is 0.265 e. The Bertz CT molecular complexity index is 759. The zero-order chi connectivity index (χ0) is 15.6. The Morgan fingerprint density at radius 1 is 1.19 bits per heavy atom. The first kappa shape index (κ1) is 15.9. The molecule has 2 aromatic carbocycles. The maximum Gasteiger partial charge on any atom is 0.265 e. The van der Waals surface area contributed by atoms with E-state index < -0.39 is 10.0 Å². The molecule has 6 heteroatoms. The van der Waals surface area contributed by atoms with Gasteiger partial charge in [-0.2, -0.15) is 0 Å². The summed E-state index contributed by atoms with van der Waals surface area (Å²) in [5, 5.41) is 9.55. The quantitative estimate of drug-likeness (QED) is 0.893. The molecule has 0 saturated carbocycles.